The Labute approximate surface area is 99.6 Å². The fraction of sp³-hybridized carbons (Fsp3) is 0.125. The van der Waals surface area contributed by atoms with E-state index in [1.165, 1.54) is 25.1 Å². The van der Waals surface area contributed by atoms with Crippen molar-refractivity contribution in [2.24, 2.45) is 0 Å². The molecule has 0 saturated carbocycles. The molecule has 8 heteroatoms. The first-order chi connectivity index (χ1) is 7.51. The van der Waals surface area contributed by atoms with Crippen molar-refractivity contribution in [2.75, 3.05) is 5.32 Å². The molecule has 0 aromatic heterocycles. The average molecular weight is 310 g/mol. The predicted octanol–water partition coefficient (Wildman–Crippen LogP) is 0.881. The van der Waals surface area contributed by atoms with Crippen molar-refractivity contribution < 1.29 is 20.9 Å². The monoisotopic (exact) mass is 309 g/mol. The van der Waals surface area contributed by atoms with Crippen LogP contribution in [0.15, 0.2) is 24.3 Å². The zero-order chi connectivity index (χ0) is 12.2. The zero-order valence-corrected chi connectivity index (χ0v) is 10.8. The van der Waals surface area contributed by atoms with Gasteiger partial charge < -0.3 is 0 Å². The molecular formula is C8H9AsClNO5. The molecule has 1 amide bonds. The Balaban J connectivity index is 3.07. The molecule has 1 aromatic rings. The van der Waals surface area contributed by atoms with E-state index in [0.717, 1.165) is 0 Å². The molecular weight excluding hydrogens is 300 g/mol. The molecule has 16 heavy (non-hydrogen) atoms. The Bertz CT molecular complexity index is 430. The molecule has 1 aromatic carbocycles. The van der Waals surface area contributed by atoms with E-state index >= 15 is 0 Å². The van der Waals surface area contributed by atoms with Gasteiger partial charge in [0.1, 0.15) is 0 Å². The van der Waals surface area contributed by atoms with Gasteiger partial charge in [0.25, 0.3) is 0 Å². The van der Waals surface area contributed by atoms with Crippen molar-refractivity contribution in [2.45, 2.75) is 6.92 Å². The number of halogens is 1. The number of nitrogens with one attached hydrogen (secondary N) is 1. The Hall–Kier alpha value is -0.782. The van der Waals surface area contributed by atoms with Gasteiger partial charge in [0, 0.05) is 0 Å². The predicted molar refractivity (Wildman–Crippen MR) is 57.5 cm³/mol. The number of rotatable bonds is 4. The van der Waals surface area contributed by atoms with Gasteiger partial charge in [-0.2, -0.15) is 0 Å². The molecule has 0 aliphatic heterocycles. The van der Waals surface area contributed by atoms with Crippen molar-refractivity contribution in [1.29, 1.82) is 0 Å². The van der Waals surface area contributed by atoms with Crippen LogP contribution in [0, 0.1) is 0 Å². The molecule has 0 radical (unpaired) electrons. The maximum absolute atomic E-state index is 11.7. The normalized spacial score (nSPS) is 14.2. The second-order valence-corrected chi connectivity index (χ2v) is 7.40. The third-order valence-electron chi connectivity index (χ3n) is 1.68. The summed E-state index contributed by atoms with van der Waals surface area (Å²) in [5.74, 6) is -0.281. The van der Waals surface area contributed by atoms with Crippen LogP contribution in [0.3, 0.4) is 0 Å². The van der Waals surface area contributed by atoms with E-state index in [1.807, 2.05) is 0 Å². The fourth-order valence-corrected chi connectivity index (χ4v) is 3.21. The number of anilines is 1. The molecule has 0 heterocycles. The number of carbonyl (C=O) groups is 1. The van der Waals surface area contributed by atoms with E-state index in [-0.39, 0.29) is 10.3 Å². The molecule has 0 aliphatic carbocycles. The Morgan fingerprint density at radius 3 is 2.75 bits per heavy atom. The van der Waals surface area contributed by atoms with E-state index in [2.05, 4.69) is 12.5 Å². The summed E-state index contributed by atoms with van der Waals surface area (Å²) in [5.41, 5.74) is 0.400. The molecule has 1 unspecified atom stereocenters. The molecule has 88 valence electrons. The third-order valence-corrected chi connectivity index (χ3v) is 5.37. The molecule has 0 fully saturated rings. The van der Waals surface area contributed by atoms with Crippen LogP contribution >= 0.6 is 11.9 Å². The van der Waals surface area contributed by atoms with Crippen molar-refractivity contribution in [3.8, 4) is 0 Å². The maximum atomic E-state index is 11.7. The van der Waals surface area contributed by atoms with Crippen LogP contribution in [-0.2, 0) is 15.7 Å². The zero-order valence-electron chi connectivity index (χ0n) is 8.21. The molecule has 0 spiro atoms. The van der Waals surface area contributed by atoms with Gasteiger partial charge in [0.05, 0.1) is 0 Å². The molecule has 1 atom stereocenters. The summed E-state index contributed by atoms with van der Waals surface area (Å²) in [6.45, 7) is 1.33. The van der Waals surface area contributed by atoms with Gasteiger partial charge in [-0.1, -0.05) is 0 Å². The van der Waals surface area contributed by atoms with Crippen LogP contribution in [-0.4, -0.2) is 25.3 Å². The number of amides is 1. The van der Waals surface area contributed by atoms with E-state index in [9.17, 15) is 8.53 Å². The first kappa shape index (κ1) is 13.3. The van der Waals surface area contributed by atoms with Gasteiger partial charge in [0.15, 0.2) is 0 Å². The number of benzene rings is 1. The summed E-state index contributed by atoms with van der Waals surface area (Å²) >= 11 is 0.398. The van der Waals surface area contributed by atoms with Gasteiger partial charge in [-0.15, -0.1) is 0 Å². The molecule has 0 bridgehead atoms. The second kappa shape index (κ2) is 5.52. The molecule has 1 rings (SSSR count). The van der Waals surface area contributed by atoms with Crippen molar-refractivity contribution in [3.05, 3.63) is 24.3 Å². The van der Waals surface area contributed by atoms with Crippen LogP contribution in [0.4, 0.5) is 5.69 Å². The van der Waals surface area contributed by atoms with Crippen LogP contribution in [0.25, 0.3) is 0 Å². The van der Waals surface area contributed by atoms with E-state index in [1.54, 1.807) is 6.07 Å². The van der Waals surface area contributed by atoms with Crippen molar-refractivity contribution in [1.82, 2.24) is 0 Å². The Kier molecular flexibility index (Phi) is 4.58. The van der Waals surface area contributed by atoms with Crippen LogP contribution < -0.4 is 9.67 Å². The summed E-state index contributed by atoms with van der Waals surface area (Å²) in [7, 11) is 0. The molecule has 2 N–H and O–H groups in total. The average Bonchev–Trinajstić information content (AvgIpc) is 2.27. The summed E-state index contributed by atoms with van der Waals surface area (Å²) < 4.78 is 19.7. The van der Waals surface area contributed by atoms with Gasteiger partial charge in [0.2, 0.25) is 0 Å². The van der Waals surface area contributed by atoms with Crippen molar-refractivity contribution in [3.63, 3.8) is 0 Å². The topological polar surface area (TPSA) is 84.9 Å². The number of hydrogen-bond acceptors (Lipinski definition) is 5. The SMILES string of the molecule is CC(=O)Nc1cccc([As](=O)(OO)OCl)c1. The van der Waals surface area contributed by atoms with Crippen LogP contribution in [0.5, 0.6) is 0 Å². The molecule has 0 saturated heterocycles. The quantitative estimate of drug-likeness (QED) is 0.490. The number of hydrogen-bond donors (Lipinski definition) is 2. The summed E-state index contributed by atoms with van der Waals surface area (Å²) in [6.07, 6.45) is 0. The summed E-state index contributed by atoms with van der Waals surface area (Å²) in [6, 6.07) is 5.85. The second-order valence-electron chi connectivity index (χ2n) is 2.88. The first-order valence-electron chi connectivity index (χ1n) is 4.13. The molecule has 0 aliphatic rings. The van der Waals surface area contributed by atoms with E-state index in [4.69, 9.17) is 17.1 Å². The van der Waals surface area contributed by atoms with Crippen molar-refractivity contribution >= 4 is 42.0 Å². The van der Waals surface area contributed by atoms with E-state index < -0.39 is 14.2 Å². The first-order valence-corrected chi connectivity index (χ1v) is 7.68. The van der Waals surface area contributed by atoms with Gasteiger partial charge in [-0.25, -0.2) is 0 Å². The molecule has 6 nitrogen and oxygen atoms in total. The summed E-state index contributed by atoms with van der Waals surface area (Å²) in [4.78, 5) is 10.8. The third kappa shape index (κ3) is 3.10. The van der Waals surface area contributed by atoms with Gasteiger partial charge in [-0.3, -0.25) is 0 Å². The van der Waals surface area contributed by atoms with Crippen LogP contribution in [0.1, 0.15) is 6.92 Å². The fourth-order valence-electron chi connectivity index (χ4n) is 1.06. The Morgan fingerprint density at radius 2 is 2.25 bits per heavy atom. The minimum absolute atomic E-state index is 0.0851. The minimum atomic E-state index is -4.59. The number of carbonyl (C=O) groups excluding carboxylic acids is 1. The standard InChI is InChI=1S/C8H9AsClNO5/c1-6(12)11-8-4-2-3-7(5-8)9(13,15-10)16-14/h2-5,14H,1H3,(H,11,12). The van der Waals surface area contributed by atoms with Crippen LogP contribution in [0.2, 0.25) is 0 Å². The van der Waals surface area contributed by atoms with E-state index in [0.29, 0.717) is 5.69 Å². The Morgan fingerprint density at radius 1 is 1.56 bits per heavy atom. The van der Waals surface area contributed by atoms with Gasteiger partial charge >= 0.3 is 99.4 Å². The van der Waals surface area contributed by atoms with Gasteiger partial charge in [-0.05, 0) is 0 Å². The summed E-state index contributed by atoms with van der Waals surface area (Å²) in [5, 5.41) is 11.0.